The van der Waals surface area contributed by atoms with Gasteiger partial charge in [-0.15, -0.1) is 11.3 Å². The van der Waals surface area contributed by atoms with Crippen molar-refractivity contribution in [2.24, 2.45) is 0 Å². The fourth-order valence-corrected chi connectivity index (χ4v) is 6.81. The van der Waals surface area contributed by atoms with Crippen molar-refractivity contribution in [2.45, 2.75) is 11.0 Å². The number of nitrogens with zero attached hydrogens (tertiary/aromatic N) is 5. The average molecular weight is 568 g/mol. The van der Waals surface area contributed by atoms with Gasteiger partial charge in [0.25, 0.3) is 10.0 Å². The number of aromatic nitrogens is 3. The van der Waals surface area contributed by atoms with Crippen LogP contribution < -0.4 is 9.15 Å². The summed E-state index contributed by atoms with van der Waals surface area (Å²) in [5.41, 5.74) is 2.11. The second kappa shape index (κ2) is 11.5. The molecule has 1 unspecified atom stereocenters. The minimum atomic E-state index is -4.06. The van der Waals surface area contributed by atoms with Crippen LogP contribution in [0.1, 0.15) is 17.2 Å². The van der Waals surface area contributed by atoms with Gasteiger partial charge in [0.05, 0.1) is 42.0 Å². The first-order chi connectivity index (χ1) is 18.9. The molecule has 0 radical (unpaired) electrons. The molecule has 39 heavy (non-hydrogen) atoms. The number of hydrogen-bond acceptors (Lipinski definition) is 11. The predicted octanol–water partition coefficient (Wildman–Crippen LogP) is 3.46. The van der Waals surface area contributed by atoms with E-state index in [4.69, 9.17) is 9.47 Å². The number of sulfonamides is 1. The van der Waals surface area contributed by atoms with E-state index in [2.05, 4.69) is 19.7 Å². The van der Waals surface area contributed by atoms with Crippen LogP contribution in [0.3, 0.4) is 0 Å². The number of benzene rings is 1. The van der Waals surface area contributed by atoms with E-state index in [9.17, 15) is 13.2 Å². The van der Waals surface area contributed by atoms with Crippen LogP contribution >= 0.6 is 11.3 Å². The number of thiophene rings is 1. The number of anilines is 1. The average Bonchev–Trinajstić information content (AvgIpc) is 3.39. The zero-order chi connectivity index (χ0) is 27.4. The molecule has 1 aliphatic rings. The number of methoxy groups -OCH3 is 2. The van der Waals surface area contributed by atoms with Crippen LogP contribution in [0.4, 0.5) is 5.00 Å². The summed E-state index contributed by atoms with van der Waals surface area (Å²) in [6.07, 6.45) is 7.18. The lowest BCUT2D eigenvalue weighted by Gasteiger charge is -2.39. The smallest absolute Gasteiger partial charge is 0.330 e. The second-order valence-electron chi connectivity index (χ2n) is 8.44. The van der Waals surface area contributed by atoms with Crippen molar-refractivity contribution in [2.75, 3.05) is 38.3 Å². The Morgan fingerprint density at radius 1 is 1.15 bits per heavy atom. The highest BCUT2D eigenvalue weighted by Gasteiger charge is 2.36. The molecule has 1 atom stereocenters. The predicted molar refractivity (Wildman–Crippen MR) is 146 cm³/mol. The molecule has 202 valence electrons. The van der Waals surface area contributed by atoms with Gasteiger partial charge in [-0.1, -0.05) is 12.1 Å². The zero-order valence-corrected chi connectivity index (χ0v) is 22.8. The second-order valence-corrected chi connectivity index (χ2v) is 11.3. The fraction of sp³-hybridized carbons (Fsp3) is 0.231. The number of morpholine rings is 1. The van der Waals surface area contributed by atoms with Crippen molar-refractivity contribution in [3.63, 3.8) is 0 Å². The van der Waals surface area contributed by atoms with E-state index in [1.165, 1.54) is 47.4 Å². The van der Waals surface area contributed by atoms with Crippen LogP contribution in [0.5, 0.6) is 5.88 Å². The lowest BCUT2D eigenvalue weighted by Crippen LogP contribution is -2.52. The number of pyridine rings is 1. The summed E-state index contributed by atoms with van der Waals surface area (Å²) < 4.78 is 46.1. The van der Waals surface area contributed by atoms with Crippen molar-refractivity contribution in [1.29, 1.82) is 0 Å². The standard InChI is InChI=1S/C26H25N5O6S2/c1-35-24-9-6-19(14-28-24)22-16-30(11-12-37-22)31(25-13-21-23(38-25)15-27-17-29-21)39(33,34)20-7-3-18(4-8-20)5-10-26(32)36-2/h3-10,13-15,17,22H,11-12,16H2,1-2H3. The maximum Gasteiger partial charge on any atom is 0.330 e. The molecule has 5 rings (SSSR count). The first-order valence-corrected chi connectivity index (χ1v) is 14.1. The fourth-order valence-electron chi connectivity index (χ4n) is 4.06. The Labute approximate surface area is 229 Å². The molecule has 11 nitrogen and oxygen atoms in total. The van der Waals surface area contributed by atoms with Gasteiger partial charge in [0.15, 0.2) is 0 Å². The molecule has 4 heterocycles. The molecule has 1 aliphatic heterocycles. The van der Waals surface area contributed by atoms with E-state index in [1.807, 2.05) is 6.07 Å². The monoisotopic (exact) mass is 567 g/mol. The van der Waals surface area contributed by atoms with E-state index in [1.54, 1.807) is 54.9 Å². The highest BCUT2D eigenvalue weighted by molar-refractivity contribution is 7.93. The van der Waals surface area contributed by atoms with Gasteiger partial charge in [-0.2, -0.15) is 12.8 Å². The van der Waals surface area contributed by atoms with Gasteiger partial charge in [0.1, 0.15) is 11.3 Å². The van der Waals surface area contributed by atoms with Crippen molar-refractivity contribution >= 4 is 48.6 Å². The molecular formula is C26H25N5O6S2. The highest BCUT2D eigenvalue weighted by atomic mass is 32.2. The number of carbonyl (C=O) groups is 1. The van der Waals surface area contributed by atoms with Crippen molar-refractivity contribution in [3.8, 4) is 5.88 Å². The molecule has 4 aromatic rings. The Bertz CT molecular complexity index is 1560. The van der Waals surface area contributed by atoms with E-state index < -0.39 is 22.1 Å². The number of fused-ring (bicyclic) bond motifs is 1. The third-order valence-corrected chi connectivity index (χ3v) is 8.93. The number of ether oxygens (including phenoxy) is 3. The molecule has 0 aliphatic carbocycles. The topological polar surface area (TPSA) is 124 Å². The molecule has 0 spiro atoms. The third kappa shape index (κ3) is 5.76. The number of carbonyl (C=O) groups excluding carboxylic acids is 1. The molecule has 13 heteroatoms. The molecular weight excluding hydrogens is 542 g/mol. The van der Waals surface area contributed by atoms with Gasteiger partial charge in [-0.25, -0.2) is 24.8 Å². The van der Waals surface area contributed by atoms with Gasteiger partial charge < -0.3 is 14.2 Å². The Kier molecular flexibility index (Phi) is 7.84. The van der Waals surface area contributed by atoms with E-state index in [0.29, 0.717) is 35.1 Å². The van der Waals surface area contributed by atoms with Crippen LogP contribution in [-0.2, 0) is 24.3 Å². The molecule has 1 fully saturated rings. The molecule has 0 saturated carbocycles. The SMILES string of the molecule is COC(=O)C=Cc1ccc(S(=O)(=O)N(c2cc3ncncc3s2)N2CCOC(c3ccc(OC)nc3)C2)cc1. The Balaban J connectivity index is 1.50. The van der Waals surface area contributed by atoms with E-state index >= 15 is 0 Å². The number of hydrogen-bond donors (Lipinski definition) is 0. The quantitative estimate of drug-likeness (QED) is 0.231. The summed E-state index contributed by atoms with van der Waals surface area (Å²) in [7, 11) is -1.22. The maximum absolute atomic E-state index is 14.2. The summed E-state index contributed by atoms with van der Waals surface area (Å²) in [5, 5.41) is 2.24. The van der Waals surface area contributed by atoms with Crippen LogP contribution in [-0.4, -0.2) is 68.3 Å². The molecule has 0 N–H and O–H groups in total. The number of rotatable bonds is 8. The minimum Gasteiger partial charge on any atom is -0.481 e. The molecule has 1 aromatic carbocycles. The maximum atomic E-state index is 14.2. The van der Waals surface area contributed by atoms with Crippen molar-refractivity contribution in [3.05, 3.63) is 78.4 Å². The van der Waals surface area contributed by atoms with Crippen molar-refractivity contribution < 1.29 is 27.4 Å². The minimum absolute atomic E-state index is 0.0930. The number of hydrazine groups is 1. The summed E-state index contributed by atoms with van der Waals surface area (Å²) in [4.78, 5) is 24.1. The Morgan fingerprint density at radius 2 is 1.97 bits per heavy atom. The summed E-state index contributed by atoms with van der Waals surface area (Å²) in [5.74, 6) is -0.0217. The van der Waals surface area contributed by atoms with Crippen LogP contribution in [0.15, 0.2) is 72.2 Å². The van der Waals surface area contributed by atoms with Gasteiger partial charge in [-0.05, 0) is 29.8 Å². The molecule has 1 saturated heterocycles. The lowest BCUT2D eigenvalue weighted by atomic mass is 10.1. The number of esters is 1. The molecule has 3 aromatic heterocycles. The zero-order valence-electron chi connectivity index (χ0n) is 21.1. The third-order valence-electron chi connectivity index (χ3n) is 6.03. The first kappa shape index (κ1) is 26.7. The van der Waals surface area contributed by atoms with Crippen molar-refractivity contribution in [1.82, 2.24) is 20.0 Å². The van der Waals surface area contributed by atoms with Crippen LogP contribution in [0.25, 0.3) is 16.3 Å². The van der Waals surface area contributed by atoms with Crippen LogP contribution in [0.2, 0.25) is 0 Å². The first-order valence-electron chi connectivity index (χ1n) is 11.9. The molecule has 0 bridgehead atoms. The van der Waals surface area contributed by atoms with Gasteiger partial charge in [-0.3, -0.25) is 0 Å². The van der Waals surface area contributed by atoms with Gasteiger partial charge in [0.2, 0.25) is 5.88 Å². The molecule has 0 amide bonds. The Morgan fingerprint density at radius 3 is 2.67 bits per heavy atom. The van der Waals surface area contributed by atoms with E-state index in [-0.39, 0.29) is 11.4 Å². The lowest BCUT2D eigenvalue weighted by molar-refractivity contribution is -0.134. The van der Waals surface area contributed by atoms with Gasteiger partial charge >= 0.3 is 5.97 Å². The van der Waals surface area contributed by atoms with Crippen LogP contribution in [0, 0.1) is 0 Å². The summed E-state index contributed by atoms with van der Waals surface area (Å²) in [6.45, 7) is 0.928. The summed E-state index contributed by atoms with van der Waals surface area (Å²) >= 11 is 1.29. The van der Waals surface area contributed by atoms with Gasteiger partial charge in [0, 0.05) is 49.3 Å². The largest absolute Gasteiger partial charge is 0.481 e. The highest BCUT2D eigenvalue weighted by Crippen LogP contribution is 2.37. The normalized spacial score (nSPS) is 16.4. The summed E-state index contributed by atoms with van der Waals surface area (Å²) in [6, 6.07) is 11.6. The van der Waals surface area contributed by atoms with E-state index in [0.717, 1.165) is 10.3 Å². The Hall–Kier alpha value is -3.91.